The van der Waals surface area contributed by atoms with Crippen LogP contribution in [0.15, 0.2) is 24.3 Å². The van der Waals surface area contributed by atoms with Gasteiger partial charge in [0.25, 0.3) is 0 Å². The van der Waals surface area contributed by atoms with Crippen molar-refractivity contribution in [3.8, 4) is 5.75 Å². The van der Waals surface area contributed by atoms with Crippen LogP contribution in [0.25, 0.3) is 0 Å². The molecule has 2 unspecified atom stereocenters. The summed E-state index contributed by atoms with van der Waals surface area (Å²) in [7, 11) is 0. The smallest absolute Gasteiger partial charge is 0.406 e. The van der Waals surface area contributed by atoms with Gasteiger partial charge in [0, 0.05) is 24.2 Å². The van der Waals surface area contributed by atoms with Gasteiger partial charge in [-0.15, -0.1) is 13.2 Å². The van der Waals surface area contributed by atoms with Crippen LogP contribution in [0.2, 0.25) is 0 Å². The molecular weight excluding hydrogens is 373 g/mol. The SMILES string of the molecule is CC(=O)NC12CC3CC(C1)CC(C(=O)Nc1cccc(OC(F)(F)F)c1)(C3)C2. The van der Waals surface area contributed by atoms with Gasteiger partial charge in [-0.05, 0) is 62.5 Å². The molecule has 8 heteroatoms. The number of hydrogen-bond acceptors (Lipinski definition) is 3. The maximum atomic E-state index is 13.2. The average Bonchev–Trinajstić information content (AvgIpc) is 2.50. The molecule has 4 aliphatic carbocycles. The quantitative estimate of drug-likeness (QED) is 0.809. The molecule has 0 radical (unpaired) electrons. The zero-order valence-electron chi connectivity index (χ0n) is 15.6. The molecule has 4 saturated carbocycles. The molecule has 2 atom stereocenters. The van der Waals surface area contributed by atoms with Crippen molar-refractivity contribution < 1.29 is 27.5 Å². The van der Waals surface area contributed by atoms with Crippen molar-refractivity contribution in [2.45, 2.75) is 57.3 Å². The van der Waals surface area contributed by atoms with Crippen LogP contribution in [-0.4, -0.2) is 23.7 Å². The molecule has 0 spiro atoms. The van der Waals surface area contributed by atoms with Crippen LogP contribution in [0.4, 0.5) is 18.9 Å². The first kappa shape index (κ1) is 19.1. The lowest BCUT2D eigenvalue weighted by molar-refractivity contribution is -0.274. The molecule has 4 aliphatic rings. The van der Waals surface area contributed by atoms with Gasteiger partial charge in [-0.25, -0.2) is 0 Å². The maximum Gasteiger partial charge on any atom is 0.573 e. The summed E-state index contributed by atoms with van der Waals surface area (Å²) in [4.78, 5) is 24.9. The summed E-state index contributed by atoms with van der Waals surface area (Å²) >= 11 is 0. The van der Waals surface area contributed by atoms with Crippen molar-refractivity contribution in [3.63, 3.8) is 0 Å². The van der Waals surface area contributed by atoms with Crippen LogP contribution in [0.5, 0.6) is 5.75 Å². The summed E-state index contributed by atoms with van der Waals surface area (Å²) in [6.07, 6.45) is 0.181. The van der Waals surface area contributed by atoms with E-state index in [9.17, 15) is 22.8 Å². The molecule has 5 nitrogen and oxygen atoms in total. The van der Waals surface area contributed by atoms with Crippen LogP contribution in [0, 0.1) is 17.3 Å². The summed E-state index contributed by atoms with van der Waals surface area (Å²) in [6, 6.07) is 5.33. The van der Waals surface area contributed by atoms with Gasteiger partial charge in [-0.1, -0.05) is 6.07 Å². The number of carbonyl (C=O) groups excluding carboxylic acids is 2. The number of alkyl halides is 3. The summed E-state index contributed by atoms with van der Waals surface area (Å²) in [5, 5.41) is 5.90. The number of carbonyl (C=O) groups is 2. The zero-order valence-corrected chi connectivity index (χ0v) is 15.6. The summed E-state index contributed by atoms with van der Waals surface area (Å²) in [6.45, 7) is 1.50. The van der Waals surface area contributed by atoms with Crippen molar-refractivity contribution in [2.24, 2.45) is 17.3 Å². The van der Waals surface area contributed by atoms with E-state index in [0.717, 1.165) is 32.1 Å². The van der Waals surface area contributed by atoms with Gasteiger partial charge in [0.1, 0.15) is 5.75 Å². The Balaban J connectivity index is 1.54. The summed E-state index contributed by atoms with van der Waals surface area (Å²) < 4.78 is 41.3. The third kappa shape index (κ3) is 3.69. The van der Waals surface area contributed by atoms with Crippen LogP contribution >= 0.6 is 0 Å². The molecular formula is C20H23F3N2O3. The monoisotopic (exact) mass is 396 g/mol. The first-order chi connectivity index (χ1) is 13.1. The minimum absolute atomic E-state index is 0.0884. The predicted molar refractivity (Wildman–Crippen MR) is 95.4 cm³/mol. The van der Waals surface area contributed by atoms with Crippen molar-refractivity contribution in [2.75, 3.05) is 5.32 Å². The molecule has 1 aromatic rings. The third-order valence-electron chi connectivity index (χ3n) is 6.31. The molecule has 0 aliphatic heterocycles. The lowest BCUT2D eigenvalue weighted by atomic mass is 9.46. The van der Waals surface area contributed by atoms with E-state index in [1.807, 2.05) is 0 Å². The highest BCUT2D eigenvalue weighted by Gasteiger charge is 2.60. The lowest BCUT2D eigenvalue weighted by Crippen LogP contribution is -2.65. The molecule has 5 rings (SSSR count). The Hall–Kier alpha value is -2.25. The van der Waals surface area contributed by atoms with Crippen molar-refractivity contribution in [1.29, 1.82) is 0 Å². The van der Waals surface area contributed by atoms with Crippen LogP contribution in [0.1, 0.15) is 45.4 Å². The topological polar surface area (TPSA) is 67.4 Å². The van der Waals surface area contributed by atoms with E-state index in [0.29, 0.717) is 18.3 Å². The van der Waals surface area contributed by atoms with Crippen LogP contribution in [-0.2, 0) is 9.59 Å². The Kier molecular flexibility index (Phi) is 4.35. The molecule has 0 aromatic heterocycles. The maximum absolute atomic E-state index is 13.2. The van der Waals surface area contributed by atoms with E-state index in [4.69, 9.17) is 0 Å². The number of anilines is 1. The van der Waals surface area contributed by atoms with E-state index < -0.39 is 11.8 Å². The number of ether oxygens (including phenoxy) is 1. The third-order valence-corrected chi connectivity index (χ3v) is 6.31. The van der Waals surface area contributed by atoms with Crippen LogP contribution in [0.3, 0.4) is 0 Å². The second-order valence-electron chi connectivity index (χ2n) is 8.73. The number of amides is 2. The molecule has 4 fully saturated rings. The fourth-order valence-corrected chi connectivity index (χ4v) is 6.08. The summed E-state index contributed by atoms with van der Waals surface area (Å²) in [5.41, 5.74) is -0.655. The summed E-state index contributed by atoms with van der Waals surface area (Å²) in [5.74, 6) is 0.137. The number of benzene rings is 1. The predicted octanol–water partition coefficient (Wildman–Crippen LogP) is 4.00. The Morgan fingerprint density at radius 1 is 1.14 bits per heavy atom. The minimum atomic E-state index is -4.78. The van der Waals surface area contributed by atoms with Crippen molar-refractivity contribution in [1.82, 2.24) is 5.32 Å². The number of halogens is 3. The van der Waals surface area contributed by atoms with Gasteiger partial charge in [0.05, 0.1) is 5.41 Å². The number of hydrogen-bond donors (Lipinski definition) is 2. The Morgan fingerprint density at radius 3 is 2.43 bits per heavy atom. The van der Waals surface area contributed by atoms with Crippen LogP contribution < -0.4 is 15.4 Å². The first-order valence-corrected chi connectivity index (χ1v) is 9.53. The minimum Gasteiger partial charge on any atom is -0.406 e. The number of rotatable bonds is 4. The van der Waals surface area contributed by atoms with E-state index in [1.54, 1.807) is 6.07 Å². The highest BCUT2D eigenvalue weighted by Crippen LogP contribution is 2.61. The molecule has 2 amide bonds. The Bertz CT molecular complexity index is 794. The molecule has 1 aromatic carbocycles. The van der Waals surface area contributed by atoms with Crippen molar-refractivity contribution >= 4 is 17.5 Å². The lowest BCUT2D eigenvalue weighted by Gasteiger charge is -2.61. The van der Waals surface area contributed by atoms with Gasteiger partial charge >= 0.3 is 6.36 Å². The highest BCUT2D eigenvalue weighted by atomic mass is 19.4. The van der Waals surface area contributed by atoms with Crippen molar-refractivity contribution in [3.05, 3.63) is 24.3 Å². The molecule has 4 bridgehead atoms. The second-order valence-corrected chi connectivity index (χ2v) is 8.73. The van der Waals surface area contributed by atoms with Gasteiger partial charge in [0.15, 0.2) is 0 Å². The zero-order chi connectivity index (χ0) is 20.2. The van der Waals surface area contributed by atoms with E-state index in [1.165, 1.54) is 25.1 Å². The standard InChI is InChI=1S/C20H23F3N2O3/c1-12(26)25-19-9-13-5-14(10-19)8-18(7-13,11-19)17(27)24-15-3-2-4-16(6-15)28-20(21,22)23/h2-4,6,13-14H,5,7-11H2,1H3,(H,24,27)(H,25,26). The molecule has 28 heavy (non-hydrogen) atoms. The largest absolute Gasteiger partial charge is 0.573 e. The molecule has 2 N–H and O–H groups in total. The first-order valence-electron chi connectivity index (χ1n) is 9.53. The van der Waals surface area contributed by atoms with E-state index in [2.05, 4.69) is 15.4 Å². The van der Waals surface area contributed by atoms with Gasteiger partial charge in [0.2, 0.25) is 11.8 Å². The average molecular weight is 396 g/mol. The van der Waals surface area contributed by atoms with E-state index >= 15 is 0 Å². The highest BCUT2D eigenvalue weighted by molar-refractivity contribution is 5.96. The number of nitrogens with one attached hydrogen (secondary N) is 2. The second kappa shape index (κ2) is 6.39. The normalized spacial score (nSPS) is 33.4. The van der Waals surface area contributed by atoms with E-state index in [-0.39, 0.29) is 28.8 Å². The van der Waals surface area contributed by atoms with Gasteiger partial charge < -0.3 is 15.4 Å². The fourth-order valence-electron chi connectivity index (χ4n) is 6.08. The Morgan fingerprint density at radius 2 is 1.82 bits per heavy atom. The fraction of sp³-hybridized carbons (Fsp3) is 0.600. The van der Waals surface area contributed by atoms with Gasteiger partial charge in [-0.2, -0.15) is 0 Å². The molecule has 0 heterocycles. The molecule has 152 valence electrons. The Labute approximate surface area is 161 Å². The molecule has 0 saturated heterocycles. The van der Waals surface area contributed by atoms with Gasteiger partial charge in [-0.3, -0.25) is 9.59 Å².